The largest absolute Gasteiger partial charge is 0.444 e. The van der Waals surface area contributed by atoms with E-state index in [0.29, 0.717) is 24.1 Å². The molecule has 1 aromatic heterocycles. The highest BCUT2D eigenvalue weighted by atomic mass is 16.6. The third-order valence-corrected chi connectivity index (χ3v) is 6.46. The Balaban J connectivity index is 1.58. The predicted molar refractivity (Wildman–Crippen MR) is 119 cm³/mol. The highest BCUT2D eigenvalue weighted by Gasteiger charge is 2.51. The Labute approximate surface area is 183 Å². The number of carbonyl (C=O) groups is 2. The van der Waals surface area contributed by atoms with Gasteiger partial charge in [0, 0.05) is 31.4 Å². The van der Waals surface area contributed by atoms with Crippen LogP contribution in [0.3, 0.4) is 0 Å². The Bertz CT molecular complexity index is 957. The Morgan fingerprint density at radius 1 is 1.19 bits per heavy atom. The van der Waals surface area contributed by atoms with Crippen LogP contribution in [-0.4, -0.2) is 50.9 Å². The average molecular weight is 425 g/mol. The molecule has 1 aliphatic carbocycles. The van der Waals surface area contributed by atoms with Crippen LogP contribution in [0.4, 0.5) is 4.79 Å². The minimum absolute atomic E-state index is 0.0644. The van der Waals surface area contributed by atoms with E-state index in [2.05, 4.69) is 17.3 Å². The van der Waals surface area contributed by atoms with Crippen LogP contribution in [0.5, 0.6) is 0 Å². The quantitative estimate of drug-likeness (QED) is 0.809. The first-order chi connectivity index (χ1) is 14.6. The van der Waals surface area contributed by atoms with Crippen LogP contribution in [0.1, 0.15) is 51.0 Å². The van der Waals surface area contributed by atoms with Gasteiger partial charge in [0.2, 0.25) is 0 Å². The summed E-state index contributed by atoms with van der Waals surface area (Å²) in [5, 5.41) is 7.42. The van der Waals surface area contributed by atoms with Gasteiger partial charge in [-0.25, -0.2) is 4.79 Å². The molecule has 5 rings (SSSR count). The molecule has 0 spiro atoms. The summed E-state index contributed by atoms with van der Waals surface area (Å²) in [5.41, 5.74) is 1.71. The number of aryl methyl sites for hydroxylation is 1. The third-order valence-electron chi connectivity index (χ3n) is 6.46. The lowest BCUT2D eigenvalue weighted by molar-refractivity contribution is -0.0546. The molecular formula is C24H32N4O3. The number of rotatable bonds is 4. The van der Waals surface area contributed by atoms with E-state index in [-0.39, 0.29) is 18.0 Å². The Morgan fingerprint density at radius 2 is 1.87 bits per heavy atom. The van der Waals surface area contributed by atoms with Gasteiger partial charge in [-0.2, -0.15) is 5.10 Å². The van der Waals surface area contributed by atoms with E-state index >= 15 is 0 Å². The summed E-state index contributed by atoms with van der Waals surface area (Å²) in [4.78, 5) is 28.0. The van der Waals surface area contributed by atoms with Gasteiger partial charge in [-0.1, -0.05) is 37.3 Å². The molecule has 7 nitrogen and oxygen atoms in total. The number of nitrogens with one attached hydrogen (secondary N) is 1. The molecule has 1 saturated carbocycles. The fraction of sp³-hybridized carbons (Fsp3) is 0.542. The van der Waals surface area contributed by atoms with E-state index in [4.69, 9.17) is 4.74 Å². The lowest BCUT2D eigenvalue weighted by atomic mass is 9.64. The van der Waals surface area contributed by atoms with Crippen molar-refractivity contribution >= 4 is 12.0 Å². The summed E-state index contributed by atoms with van der Waals surface area (Å²) in [6.45, 7) is 8.08. The van der Waals surface area contributed by atoms with Crippen molar-refractivity contribution in [3.8, 4) is 11.1 Å². The van der Waals surface area contributed by atoms with Crippen LogP contribution in [0.2, 0.25) is 0 Å². The zero-order valence-electron chi connectivity index (χ0n) is 19.0. The topological polar surface area (TPSA) is 76.5 Å². The molecule has 31 heavy (non-hydrogen) atoms. The van der Waals surface area contributed by atoms with Crippen LogP contribution < -0.4 is 5.32 Å². The van der Waals surface area contributed by atoms with Gasteiger partial charge in [0.25, 0.3) is 5.91 Å². The van der Waals surface area contributed by atoms with E-state index in [1.165, 1.54) is 0 Å². The predicted octanol–water partition coefficient (Wildman–Crippen LogP) is 3.85. The molecule has 2 aliphatic heterocycles. The van der Waals surface area contributed by atoms with Crippen LogP contribution >= 0.6 is 0 Å². The Hall–Kier alpha value is -2.83. The molecule has 3 fully saturated rings. The Kier molecular flexibility index (Phi) is 5.54. The molecule has 166 valence electrons. The maximum Gasteiger partial charge on any atom is 0.407 e. The first kappa shape index (κ1) is 21.4. The van der Waals surface area contributed by atoms with Crippen molar-refractivity contribution in [2.75, 3.05) is 6.54 Å². The van der Waals surface area contributed by atoms with Gasteiger partial charge in [0.15, 0.2) is 5.69 Å². The van der Waals surface area contributed by atoms with E-state index in [0.717, 1.165) is 24.0 Å². The number of piperidine rings is 2. The fourth-order valence-corrected chi connectivity index (χ4v) is 4.83. The summed E-state index contributed by atoms with van der Waals surface area (Å²) in [5.74, 6) is 0.829. The molecular weight excluding hydrogens is 392 g/mol. The summed E-state index contributed by atoms with van der Waals surface area (Å²) in [6, 6.07) is 9.99. The van der Waals surface area contributed by atoms with Crippen molar-refractivity contribution in [2.24, 2.45) is 18.9 Å². The van der Waals surface area contributed by atoms with Crippen molar-refractivity contribution in [1.82, 2.24) is 20.0 Å². The minimum Gasteiger partial charge on any atom is -0.444 e. The van der Waals surface area contributed by atoms with Gasteiger partial charge in [-0.05, 0) is 51.0 Å². The number of hydrogen-bond donors (Lipinski definition) is 1. The third kappa shape index (κ3) is 4.31. The van der Waals surface area contributed by atoms with Gasteiger partial charge in [0.05, 0.1) is 6.04 Å². The first-order valence-electron chi connectivity index (χ1n) is 11.0. The Morgan fingerprint density at radius 3 is 2.52 bits per heavy atom. The van der Waals surface area contributed by atoms with Crippen LogP contribution in [0, 0.1) is 11.8 Å². The highest BCUT2D eigenvalue weighted by Crippen LogP contribution is 2.47. The van der Waals surface area contributed by atoms with E-state index in [1.807, 2.05) is 69.2 Å². The normalized spacial score (nSPS) is 25.0. The van der Waals surface area contributed by atoms with E-state index < -0.39 is 11.7 Å². The number of carbonyl (C=O) groups excluding carboxylic acids is 2. The van der Waals surface area contributed by atoms with Crippen LogP contribution in [0.15, 0.2) is 36.5 Å². The van der Waals surface area contributed by atoms with Gasteiger partial charge < -0.3 is 15.0 Å². The lowest BCUT2D eigenvalue weighted by Gasteiger charge is -2.57. The van der Waals surface area contributed by atoms with Crippen molar-refractivity contribution in [3.63, 3.8) is 0 Å². The maximum absolute atomic E-state index is 13.8. The monoisotopic (exact) mass is 424 g/mol. The summed E-state index contributed by atoms with van der Waals surface area (Å²) < 4.78 is 7.09. The summed E-state index contributed by atoms with van der Waals surface area (Å²) in [6.07, 6.45) is 3.48. The zero-order chi connectivity index (χ0) is 22.3. The standard InChI is InChI=1S/C24H32N4O3/c1-15-17-11-18(12-17)28(20(15)13-25-23(30)31-24(2,3)4)22(29)21-19(14-27(5)26-21)16-9-7-6-8-10-16/h6-10,14-15,17-18,20H,11-13H2,1-5H3,(H,25,30)/t15-,17?,18?,20?/m1/s1. The number of alkyl carbamates (subject to hydrolysis) is 1. The van der Waals surface area contributed by atoms with E-state index in [1.54, 1.807) is 4.68 Å². The van der Waals surface area contributed by atoms with Gasteiger partial charge in [-0.3, -0.25) is 9.48 Å². The molecule has 3 aliphatic rings. The molecule has 2 bridgehead atoms. The maximum atomic E-state index is 13.8. The molecule has 7 heteroatoms. The number of amides is 2. The number of ether oxygens (including phenoxy) is 1. The highest BCUT2D eigenvalue weighted by molar-refractivity contribution is 5.99. The second-order valence-corrected chi connectivity index (χ2v) is 9.84. The number of hydrogen-bond acceptors (Lipinski definition) is 4. The van der Waals surface area contributed by atoms with Crippen molar-refractivity contribution in [3.05, 3.63) is 42.2 Å². The fourth-order valence-electron chi connectivity index (χ4n) is 4.83. The number of aromatic nitrogens is 2. The number of fused-ring (bicyclic) bond motifs is 2. The molecule has 3 heterocycles. The van der Waals surface area contributed by atoms with Gasteiger partial charge in [0.1, 0.15) is 5.60 Å². The molecule has 1 aromatic carbocycles. The number of benzene rings is 1. The van der Waals surface area contributed by atoms with Crippen LogP contribution in [-0.2, 0) is 11.8 Å². The SMILES string of the molecule is C[C@@H]1C2CC(C2)N(C(=O)c2nn(C)cc2-c2ccccc2)C1CNC(=O)OC(C)(C)C. The molecule has 2 aromatic rings. The van der Waals surface area contributed by atoms with E-state index in [9.17, 15) is 9.59 Å². The van der Waals surface area contributed by atoms with Gasteiger partial charge >= 0.3 is 6.09 Å². The lowest BCUT2D eigenvalue weighted by Crippen LogP contribution is -2.65. The zero-order valence-corrected chi connectivity index (χ0v) is 19.0. The summed E-state index contributed by atoms with van der Waals surface area (Å²) in [7, 11) is 1.84. The smallest absolute Gasteiger partial charge is 0.407 e. The molecule has 2 saturated heterocycles. The van der Waals surface area contributed by atoms with Crippen molar-refractivity contribution in [1.29, 1.82) is 0 Å². The van der Waals surface area contributed by atoms with Crippen molar-refractivity contribution in [2.45, 2.75) is 58.2 Å². The molecule has 1 N–H and O–H groups in total. The molecule has 2 atom stereocenters. The van der Waals surface area contributed by atoms with Gasteiger partial charge in [-0.15, -0.1) is 0 Å². The summed E-state index contributed by atoms with van der Waals surface area (Å²) >= 11 is 0. The van der Waals surface area contributed by atoms with Crippen LogP contribution in [0.25, 0.3) is 11.1 Å². The molecule has 0 radical (unpaired) electrons. The number of nitrogens with zero attached hydrogens (tertiary/aromatic N) is 3. The molecule has 2 amide bonds. The average Bonchev–Trinajstić information content (AvgIpc) is 3.06. The van der Waals surface area contributed by atoms with Crippen molar-refractivity contribution < 1.29 is 14.3 Å². The molecule has 1 unspecified atom stereocenters. The minimum atomic E-state index is -0.557. The second kappa shape index (κ2) is 8.02. The second-order valence-electron chi connectivity index (χ2n) is 9.84. The first-order valence-corrected chi connectivity index (χ1v) is 11.0.